The highest BCUT2D eigenvalue weighted by Crippen LogP contribution is 2.41. The van der Waals surface area contributed by atoms with Crippen LogP contribution in [0.5, 0.6) is 11.5 Å². The molecule has 0 saturated heterocycles. The van der Waals surface area contributed by atoms with Crippen molar-refractivity contribution in [2.24, 2.45) is 0 Å². The first-order chi connectivity index (χ1) is 15.5. The normalized spacial score (nSPS) is 14.1. The standard InChI is InChI=1S/C28H46O4Si2/c1-27(2,3)33(7,8)31-25-17-16-23(26(19-25)32-34(9,10)28(4,5)6)18-24(29)21-30-20-22-14-12-11-13-15-22/h11-17,19,24,29H,18,20-21H2,1-10H3/t24-/m0/s1. The molecule has 0 bridgehead atoms. The van der Waals surface area contributed by atoms with Crippen LogP contribution in [0, 0.1) is 0 Å². The van der Waals surface area contributed by atoms with Crippen molar-refractivity contribution >= 4 is 16.6 Å². The van der Waals surface area contributed by atoms with Gasteiger partial charge in [0.15, 0.2) is 0 Å². The number of benzene rings is 2. The Hall–Kier alpha value is -1.61. The average Bonchev–Trinajstić information content (AvgIpc) is 2.68. The highest BCUT2D eigenvalue weighted by molar-refractivity contribution is 6.75. The van der Waals surface area contributed by atoms with Crippen LogP contribution in [0.1, 0.15) is 52.7 Å². The van der Waals surface area contributed by atoms with E-state index in [4.69, 9.17) is 13.6 Å². The Kier molecular flexibility index (Phi) is 9.25. The number of aliphatic hydroxyl groups excluding tert-OH is 1. The molecule has 0 heterocycles. The minimum atomic E-state index is -2.07. The van der Waals surface area contributed by atoms with Crippen LogP contribution in [0.15, 0.2) is 48.5 Å². The van der Waals surface area contributed by atoms with E-state index in [0.29, 0.717) is 13.0 Å². The van der Waals surface area contributed by atoms with Gasteiger partial charge < -0.3 is 18.7 Å². The second-order valence-electron chi connectivity index (χ2n) is 12.4. The van der Waals surface area contributed by atoms with Crippen LogP contribution >= 0.6 is 0 Å². The largest absolute Gasteiger partial charge is 0.543 e. The lowest BCUT2D eigenvalue weighted by atomic mass is 10.1. The average molecular weight is 503 g/mol. The van der Waals surface area contributed by atoms with Crippen molar-refractivity contribution in [3.63, 3.8) is 0 Å². The van der Waals surface area contributed by atoms with Crippen molar-refractivity contribution < 1.29 is 18.7 Å². The van der Waals surface area contributed by atoms with Crippen LogP contribution < -0.4 is 8.85 Å². The fourth-order valence-corrected chi connectivity index (χ4v) is 5.01. The summed E-state index contributed by atoms with van der Waals surface area (Å²) >= 11 is 0. The molecule has 0 unspecified atom stereocenters. The summed E-state index contributed by atoms with van der Waals surface area (Å²) in [6.45, 7) is 23.2. The van der Waals surface area contributed by atoms with Gasteiger partial charge in [-0.05, 0) is 53.5 Å². The minimum Gasteiger partial charge on any atom is -0.543 e. The van der Waals surface area contributed by atoms with Crippen molar-refractivity contribution in [3.05, 3.63) is 59.7 Å². The SMILES string of the molecule is CC(C)(C)[Si](C)(C)Oc1ccc(C[C@H](O)COCc2ccccc2)c(O[Si](C)(C)C(C)(C)C)c1. The van der Waals surface area contributed by atoms with Crippen LogP contribution in [0.4, 0.5) is 0 Å². The van der Waals surface area contributed by atoms with Crippen LogP contribution in [0.2, 0.25) is 36.3 Å². The maximum atomic E-state index is 10.7. The number of aliphatic hydroxyl groups is 1. The van der Waals surface area contributed by atoms with Gasteiger partial charge in [0.1, 0.15) is 11.5 Å². The summed E-state index contributed by atoms with van der Waals surface area (Å²) < 4.78 is 19.1. The molecule has 2 aromatic rings. The molecule has 4 nitrogen and oxygen atoms in total. The first kappa shape index (κ1) is 28.6. The molecule has 0 amide bonds. The van der Waals surface area contributed by atoms with Gasteiger partial charge in [-0.3, -0.25) is 0 Å². The molecule has 2 aromatic carbocycles. The molecule has 0 spiro atoms. The third-order valence-corrected chi connectivity index (χ3v) is 16.0. The highest BCUT2D eigenvalue weighted by Gasteiger charge is 2.41. The zero-order chi connectivity index (χ0) is 25.8. The number of ether oxygens (including phenoxy) is 1. The molecule has 190 valence electrons. The zero-order valence-corrected chi connectivity index (χ0v) is 25.0. The predicted octanol–water partition coefficient (Wildman–Crippen LogP) is 7.57. The molecule has 1 atom stereocenters. The van der Waals surface area contributed by atoms with Gasteiger partial charge in [-0.15, -0.1) is 0 Å². The molecule has 0 fully saturated rings. The maximum absolute atomic E-state index is 10.7. The van der Waals surface area contributed by atoms with E-state index in [1.54, 1.807) is 0 Å². The second kappa shape index (κ2) is 11.0. The number of hydrogen-bond acceptors (Lipinski definition) is 4. The van der Waals surface area contributed by atoms with Crippen LogP contribution in [-0.2, 0) is 17.8 Å². The Morgan fingerprint density at radius 2 is 1.35 bits per heavy atom. The van der Waals surface area contributed by atoms with E-state index in [1.165, 1.54) is 0 Å². The van der Waals surface area contributed by atoms with E-state index in [-0.39, 0.29) is 16.7 Å². The quantitative estimate of drug-likeness (QED) is 0.340. The van der Waals surface area contributed by atoms with Crippen molar-refractivity contribution in [2.45, 2.75) is 96.9 Å². The van der Waals surface area contributed by atoms with E-state index in [2.05, 4.69) is 67.7 Å². The van der Waals surface area contributed by atoms with Crippen LogP contribution in [0.25, 0.3) is 0 Å². The molecule has 0 radical (unpaired) electrons. The van der Waals surface area contributed by atoms with Gasteiger partial charge in [0.25, 0.3) is 0 Å². The Labute approximate surface area is 209 Å². The predicted molar refractivity (Wildman–Crippen MR) is 148 cm³/mol. The molecule has 0 saturated carbocycles. The summed E-state index contributed by atoms with van der Waals surface area (Å²) in [5.41, 5.74) is 2.09. The van der Waals surface area contributed by atoms with Crippen molar-refractivity contribution in [2.75, 3.05) is 6.61 Å². The molecular formula is C28H46O4Si2. The van der Waals surface area contributed by atoms with Crippen LogP contribution in [0.3, 0.4) is 0 Å². The summed E-state index contributed by atoms with van der Waals surface area (Å²) in [5.74, 6) is 1.67. The van der Waals surface area contributed by atoms with Gasteiger partial charge in [0.2, 0.25) is 16.6 Å². The fraction of sp³-hybridized carbons (Fsp3) is 0.571. The fourth-order valence-electron chi connectivity index (χ4n) is 2.94. The molecule has 0 aliphatic carbocycles. The topological polar surface area (TPSA) is 47.9 Å². The lowest BCUT2D eigenvalue weighted by Gasteiger charge is -2.38. The third kappa shape index (κ3) is 7.97. The molecule has 0 aliphatic rings. The molecule has 0 aliphatic heterocycles. The summed E-state index contributed by atoms with van der Waals surface area (Å²) in [6, 6.07) is 16.1. The third-order valence-electron chi connectivity index (χ3n) is 7.27. The minimum absolute atomic E-state index is 0.0674. The Bertz CT molecular complexity index is 912. The smallest absolute Gasteiger partial charge is 0.250 e. The van der Waals surface area contributed by atoms with Crippen molar-refractivity contribution in [3.8, 4) is 11.5 Å². The summed E-state index contributed by atoms with van der Waals surface area (Å²) in [4.78, 5) is 0. The summed E-state index contributed by atoms with van der Waals surface area (Å²) in [5, 5.41) is 10.9. The summed E-state index contributed by atoms with van der Waals surface area (Å²) in [6.07, 6.45) is -0.142. The van der Waals surface area contributed by atoms with Crippen molar-refractivity contribution in [1.29, 1.82) is 0 Å². The Morgan fingerprint density at radius 1 is 0.794 bits per heavy atom. The molecule has 1 N–H and O–H groups in total. The Morgan fingerprint density at radius 3 is 1.91 bits per heavy atom. The van der Waals surface area contributed by atoms with E-state index < -0.39 is 22.7 Å². The highest BCUT2D eigenvalue weighted by atomic mass is 28.4. The lowest BCUT2D eigenvalue weighted by molar-refractivity contribution is 0.0287. The van der Waals surface area contributed by atoms with Gasteiger partial charge in [0, 0.05) is 12.5 Å². The maximum Gasteiger partial charge on any atom is 0.250 e. The van der Waals surface area contributed by atoms with E-state index >= 15 is 0 Å². The first-order valence-corrected chi connectivity index (χ1v) is 18.1. The van der Waals surface area contributed by atoms with E-state index in [9.17, 15) is 5.11 Å². The van der Waals surface area contributed by atoms with Crippen molar-refractivity contribution in [1.82, 2.24) is 0 Å². The second-order valence-corrected chi connectivity index (χ2v) is 21.8. The summed E-state index contributed by atoms with van der Waals surface area (Å²) in [7, 11) is -4.05. The molecule has 2 rings (SSSR count). The molecule has 34 heavy (non-hydrogen) atoms. The van der Waals surface area contributed by atoms with E-state index in [0.717, 1.165) is 22.6 Å². The number of rotatable bonds is 10. The zero-order valence-electron chi connectivity index (χ0n) is 23.0. The van der Waals surface area contributed by atoms with Crippen LogP contribution in [-0.4, -0.2) is 34.5 Å². The van der Waals surface area contributed by atoms with Gasteiger partial charge >= 0.3 is 0 Å². The van der Waals surface area contributed by atoms with Gasteiger partial charge in [0.05, 0.1) is 19.3 Å². The monoisotopic (exact) mass is 502 g/mol. The van der Waals surface area contributed by atoms with E-state index in [1.807, 2.05) is 48.5 Å². The molecular weight excluding hydrogens is 456 g/mol. The number of hydrogen-bond donors (Lipinski definition) is 1. The van der Waals surface area contributed by atoms with Gasteiger partial charge in [-0.1, -0.05) is 77.9 Å². The Balaban J connectivity index is 2.21. The molecule has 6 heteroatoms. The first-order valence-electron chi connectivity index (χ1n) is 12.3. The van der Waals surface area contributed by atoms with Gasteiger partial charge in [-0.2, -0.15) is 0 Å². The van der Waals surface area contributed by atoms with Gasteiger partial charge in [-0.25, -0.2) is 0 Å². The molecule has 0 aromatic heterocycles. The lowest BCUT2D eigenvalue weighted by Crippen LogP contribution is -2.44.